The fourth-order valence-corrected chi connectivity index (χ4v) is 7.49. The Kier molecular flexibility index (Phi) is 5.45. The third-order valence-electron chi connectivity index (χ3n) is 10.4. The van der Waals surface area contributed by atoms with Gasteiger partial charge in [0.25, 0.3) is 0 Å². The van der Waals surface area contributed by atoms with Crippen molar-refractivity contribution in [1.82, 2.24) is 4.90 Å². The number of aliphatic hydroxyl groups is 2. The fraction of sp³-hybridized carbons (Fsp3) is 0.793. The molecular weight excluding hydrogens is 426 g/mol. The molecule has 0 aromatic heterocycles. The molecule has 0 bridgehead atoms. The van der Waals surface area contributed by atoms with Crippen molar-refractivity contribution in [3.8, 4) is 11.5 Å². The Labute approximate surface area is 205 Å². The zero-order valence-electron chi connectivity index (χ0n) is 22.2. The maximum Gasteiger partial charge on any atom is 0.165 e. The van der Waals surface area contributed by atoms with Crippen molar-refractivity contribution < 1.29 is 20.1 Å². The average molecular weight is 472 g/mol. The Bertz CT molecular complexity index is 960. The summed E-state index contributed by atoms with van der Waals surface area (Å²) in [5, 5.41) is 34.5. The molecule has 2 aliphatic carbocycles. The standard InChI is InChI=1S/C29H45NO4/c1-17-14-19-10-11-21(31)24-22(19)29(12-13-30(17)16-18-8-9-18)25(34-24)23(32)20(15-27(29,5)6)28(7,33)26(2,3)4/h10-11,17-18,20,23,25,31-33H,8-9,12-16H2,1-7H3/t17-,20-,23+,25+,28-,29?/m0/s1. The van der Waals surface area contributed by atoms with Crippen LogP contribution in [0.2, 0.25) is 0 Å². The molecule has 2 aliphatic heterocycles. The minimum absolute atomic E-state index is 0.165. The van der Waals surface area contributed by atoms with E-state index in [0.717, 1.165) is 37.4 Å². The van der Waals surface area contributed by atoms with E-state index in [1.54, 1.807) is 6.07 Å². The van der Waals surface area contributed by atoms with E-state index in [9.17, 15) is 15.3 Å². The lowest BCUT2D eigenvalue weighted by Gasteiger charge is -2.60. The zero-order chi connectivity index (χ0) is 24.8. The molecule has 190 valence electrons. The van der Waals surface area contributed by atoms with Gasteiger partial charge >= 0.3 is 0 Å². The van der Waals surface area contributed by atoms with E-state index in [1.165, 1.54) is 18.4 Å². The molecular formula is C29H45NO4. The van der Waals surface area contributed by atoms with Crippen LogP contribution in [0.3, 0.4) is 0 Å². The first-order chi connectivity index (χ1) is 15.7. The second-order valence-electron chi connectivity index (χ2n) is 13.8. The van der Waals surface area contributed by atoms with Gasteiger partial charge in [0.05, 0.1) is 11.7 Å². The van der Waals surface area contributed by atoms with Crippen LogP contribution in [0.25, 0.3) is 0 Å². The van der Waals surface area contributed by atoms with Gasteiger partial charge in [0, 0.05) is 29.5 Å². The molecule has 4 aliphatic rings. The topological polar surface area (TPSA) is 73.2 Å². The Morgan fingerprint density at radius 2 is 1.82 bits per heavy atom. The number of ether oxygens (including phenoxy) is 1. The summed E-state index contributed by atoms with van der Waals surface area (Å²) < 4.78 is 6.59. The number of nitrogens with zero attached hydrogens (tertiary/aromatic N) is 1. The molecule has 6 atom stereocenters. The van der Waals surface area contributed by atoms with Crippen molar-refractivity contribution in [2.75, 3.05) is 13.1 Å². The van der Waals surface area contributed by atoms with Crippen molar-refractivity contribution in [1.29, 1.82) is 0 Å². The third kappa shape index (κ3) is 3.37. The number of hydrogen-bond donors (Lipinski definition) is 3. The van der Waals surface area contributed by atoms with Gasteiger partial charge in [-0.1, -0.05) is 40.7 Å². The molecule has 2 heterocycles. The summed E-state index contributed by atoms with van der Waals surface area (Å²) in [7, 11) is 0. The summed E-state index contributed by atoms with van der Waals surface area (Å²) in [6.45, 7) is 17.0. The fourth-order valence-electron chi connectivity index (χ4n) is 7.49. The first-order valence-electron chi connectivity index (χ1n) is 13.4. The van der Waals surface area contributed by atoms with Crippen molar-refractivity contribution in [3.63, 3.8) is 0 Å². The largest absolute Gasteiger partial charge is 0.504 e. The normalized spacial score (nSPS) is 37.1. The number of aliphatic hydroxyl groups excluding tert-OH is 1. The van der Waals surface area contributed by atoms with Gasteiger partial charge in [-0.25, -0.2) is 0 Å². The van der Waals surface area contributed by atoms with Crippen LogP contribution in [-0.4, -0.2) is 57.2 Å². The van der Waals surface area contributed by atoms with Crippen molar-refractivity contribution in [2.24, 2.45) is 22.7 Å². The first-order valence-corrected chi connectivity index (χ1v) is 13.4. The number of aromatic hydroxyl groups is 1. The molecule has 0 radical (unpaired) electrons. The van der Waals surface area contributed by atoms with Gasteiger partial charge < -0.3 is 25.0 Å². The van der Waals surface area contributed by atoms with Crippen LogP contribution in [0, 0.1) is 22.7 Å². The lowest BCUT2D eigenvalue weighted by atomic mass is 9.46. The smallest absolute Gasteiger partial charge is 0.165 e. The van der Waals surface area contributed by atoms with Crippen molar-refractivity contribution in [3.05, 3.63) is 23.3 Å². The second-order valence-corrected chi connectivity index (χ2v) is 13.8. The molecule has 2 fully saturated rings. The number of rotatable bonds is 3. The van der Waals surface area contributed by atoms with E-state index < -0.39 is 28.6 Å². The van der Waals surface area contributed by atoms with Gasteiger partial charge in [-0.2, -0.15) is 0 Å². The highest BCUT2D eigenvalue weighted by Gasteiger charge is 2.68. The van der Waals surface area contributed by atoms with Gasteiger partial charge in [0.1, 0.15) is 6.10 Å². The SMILES string of the molecule is C[C@H]1Cc2ccc(O)c3c2C2(CCN1CC1CC1)[C@H](O3)[C@H](O)[C@@H]([C@](C)(O)C(C)(C)C)CC2(C)C. The first kappa shape index (κ1) is 24.4. The van der Waals surface area contributed by atoms with Crippen molar-refractivity contribution >= 4 is 0 Å². The molecule has 1 aromatic carbocycles. The maximum absolute atomic E-state index is 11.9. The Hall–Kier alpha value is -1.30. The number of hydrogen-bond acceptors (Lipinski definition) is 5. The molecule has 34 heavy (non-hydrogen) atoms. The molecule has 5 nitrogen and oxygen atoms in total. The molecule has 3 N–H and O–H groups in total. The van der Waals surface area contributed by atoms with Crippen LogP contribution in [0.1, 0.15) is 85.3 Å². The van der Waals surface area contributed by atoms with Crippen LogP contribution in [-0.2, 0) is 11.8 Å². The van der Waals surface area contributed by atoms with E-state index in [0.29, 0.717) is 18.2 Å². The molecule has 2 saturated carbocycles. The van der Waals surface area contributed by atoms with E-state index in [-0.39, 0.29) is 17.1 Å². The summed E-state index contributed by atoms with van der Waals surface area (Å²) in [4.78, 5) is 2.65. The highest BCUT2D eigenvalue weighted by molar-refractivity contribution is 5.59. The highest BCUT2D eigenvalue weighted by atomic mass is 16.5. The van der Waals surface area contributed by atoms with E-state index >= 15 is 0 Å². The molecule has 1 unspecified atom stereocenters. The molecule has 5 heteroatoms. The molecule has 0 amide bonds. The predicted molar refractivity (Wildman–Crippen MR) is 134 cm³/mol. The number of phenols is 1. The summed E-state index contributed by atoms with van der Waals surface area (Å²) in [6, 6.07) is 4.27. The molecule has 1 spiro atoms. The van der Waals surface area contributed by atoms with Gasteiger partial charge in [-0.05, 0) is 80.9 Å². The van der Waals surface area contributed by atoms with Crippen LogP contribution >= 0.6 is 0 Å². The minimum atomic E-state index is -1.07. The monoisotopic (exact) mass is 471 g/mol. The average Bonchev–Trinajstić information content (AvgIpc) is 3.46. The highest BCUT2D eigenvalue weighted by Crippen LogP contribution is 2.66. The van der Waals surface area contributed by atoms with E-state index in [4.69, 9.17) is 4.74 Å². The Balaban J connectivity index is 1.64. The van der Waals surface area contributed by atoms with Crippen molar-refractivity contribution in [2.45, 2.75) is 110 Å². The maximum atomic E-state index is 11.9. The number of benzene rings is 1. The Morgan fingerprint density at radius 1 is 1.15 bits per heavy atom. The van der Waals surface area contributed by atoms with Gasteiger partial charge in [-0.15, -0.1) is 0 Å². The number of phenolic OH excluding ortho intramolecular Hbond substituents is 1. The quantitative estimate of drug-likeness (QED) is 0.599. The third-order valence-corrected chi connectivity index (χ3v) is 10.4. The summed E-state index contributed by atoms with van der Waals surface area (Å²) in [6.07, 6.45) is 3.86. The molecule has 5 rings (SSSR count). The summed E-state index contributed by atoms with van der Waals surface area (Å²) >= 11 is 0. The van der Waals surface area contributed by atoms with Crippen LogP contribution in [0.4, 0.5) is 0 Å². The van der Waals surface area contributed by atoms with Gasteiger partial charge in [0.15, 0.2) is 11.5 Å². The van der Waals surface area contributed by atoms with E-state index in [1.807, 2.05) is 27.7 Å². The second kappa shape index (κ2) is 7.60. The van der Waals surface area contributed by atoms with Crippen LogP contribution in [0.15, 0.2) is 12.1 Å². The lowest BCUT2D eigenvalue weighted by molar-refractivity contribution is -0.198. The molecule has 0 saturated heterocycles. The lowest BCUT2D eigenvalue weighted by Crippen LogP contribution is -2.67. The minimum Gasteiger partial charge on any atom is -0.504 e. The summed E-state index contributed by atoms with van der Waals surface area (Å²) in [5.41, 5.74) is 0.245. The predicted octanol–water partition coefficient (Wildman–Crippen LogP) is 4.64. The molecule has 1 aromatic rings. The van der Waals surface area contributed by atoms with E-state index in [2.05, 4.69) is 31.7 Å². The zero-order valence-corrected chi connectivity index (χ0v) is 22.2. The van der Waals surface area contributed by atoms with Gasteiger partial charge in [0.2, 0.25) is 0 Å². The summed E-state index contributed by atoms with van der Waals surface area (Å²) in [5.74, 6) is 1.22. The van der Waals surface area contributed by atoms with Crippen LogP contribution in [0.5, 0.6) is 11.5 Å². The van der Waals surface area contributed by atoms with Gasteiger partial charge in [-0.3, -0.25) is 0 Å². The van der Waals surface area contributed by atoms with Crippen LogP contribution < -0.4 is 4.74 Å². The Morgan fingerprint density at radius 3 is 2.44 bits per heavy atom.